The second kappa shape index (κ2) is 5.75. The van der Waals surface area contributed by atoms with Crippen molar-refractivity contribution in [2.24, 2.45) is 10.3 Å². The van der Waals surface area contributed by atoms with Gasteiger partial charge in [-0.3, -0.25) is 5.01 Å². The van der Waals surface area contributed by atoms with Gasteiger partial charge in [-0.1, -0.05) is 18.6 Å². The minimum absolute atomic E-state index is 0.334. The highest BCUT2D eigenvalue weighted by Crippen LogP contribution is 2.12. The van der Waals surface area contributed by atoms with E-state index in [1.54, 1.807) is 5.01 Å². The van der Waals surface area contributed by atoms with E-state index in [0.717, 1.165) is 19.4 Å². The van der Waals surface area contributed by atoms with Crippen molar-refractivity contribution < 1.29 is 0 Å². The van der Waals surface area contributed by atoms with Gasteiger partial charge < -0.3 is 4.98 Å². The van der Waals surface area contributed by atoms with Gasteiger partial charge in [0, 0.05) is 13.6 Å². The third-order valence-electron chi connectivity index (χ3n) is 1.86. The Morgan fingerprint density at radius 3 is 3.13 bits per heavy atom. The van der Waals surface area contributed by atoms with Gasteiger partial charge in [0.15, 0.2) is 5.69 Å². The molecule has 0 saturated carbocycles. The molecule has 0 spiro atoms. The molecule has 0 saturated heterocycles. The molecule has 0 radical (unpaired) electrons. The van der Waals surface area contributed by atoms with Crippen LogP contribution in [0.3, 0.4) is 0 Å². The van der Waals surface area contributed by atoms with Crippen LogP contribution in [0.25, 0.3) is 0 Å². The maximum absolute atomic E-state index is 8.68. The predicted molar refractivity (Wildman–Crippen MR) is 55.4 cm³/mol. The highest BCUT2D eigenvalue weighted by atomic mass is 15.5. The number of H-pyrrole nitrogens is 1. The smallest absolute Gasteiger partial charge is 0.212 e. The van der Waals surface area contributed by atoms with Gasteiger partial charge in [0.2, 0.25) is 5.82 Å². The normalized spacial score (nSPS) is 10.5. The van der Waals surface area contributed by atoms with Crippen LogP contribution in [-0.4, -0.2) is 28.6 Å². The summed E-state index contributed by atoms with van der Waals surface area (Å²) in [7, 11) is 1.85. The van der Waals surface area contributed by atoms with Crippen molar-refractivity contribution in [2.45, 2.75) is 19.8 Å². The molecule has 6 nitrogen and oxygen atoms in total. The van der Waals surface area contributed by atoms with Crippen LogP contribution in [0.5, 0.6) is 0 Å². The lowest BCUT2D eigenvalue weighted by Gasteiger charge is -2.08. The summed E-state index contributed by atoms with van der Waals surface area (Å²) in [5.74, 6) is 0.334. The summed E-state index contributed by atoms with van der Waals surface area (Å²) in [5, 5.41) is 18.2. The highest BCUT2D eigenvalue weighted by Gasteiger charge is 2.02. The number of rotatable bonds is 5. The van der Waals surface area contributed by atoms with E-state index in [2.05, 4.69) is 27.2 Å². The van der Waals surface area contributed by atoms with Crippen LogP contribution in [0, 0.1) is 11.3 Å². The highest BCUT2D eigenvalue weighted by molar-refractivity contribution is 5.41. The van der Waals surface area contributed by atoms with Gasteiger partial charge in [0.1, 0.15) is 6.07 Å². The van der Waals surface area contributed by atoms with Crippen molar-refractivity contribution in [3.05, 3.63) is 12.0 Å². The van der Waals surface area contributed by atoms with E-state index < -0.39 is 0 Å². The summed E-state index contributed by atoms with van der Waals surface area (Å²) < 4.78 is 0. The lowest BCUT2D eigenvalue weighted by molar-refractivity contribution is 0.325. The molecule has 0 amide bonds. The van der Waals surface area contributed by atoms with Gasteiger partial charge in [-0.15, -0.1) is 5.11 Å². The first kappa shape index (κ1) is 11.2. The van der Waals surface area contributed by atoms with E-state index in [9.17, 15) is 0 Å². The van der Waals surface area contributed by atoms with Crippen molar-refractivity contribution in [1.29, 1.82) is 5.26 Å². The van der Waals surface area contributed by atoms with Crippen molar-refractivity contribution in [1.82, 2.24) is 15.0 Å². The fourth-order valence-electron chi connectivity index (χ4n) is 0.996. The van der Waals surface area contributed by atoms with Gasteiger partial charge in [-0.05, 0) is 6.42 Å². The molecular weight excluding hydrogens is 192 g/mol. The summed E-state index contributed by atoms with van der Waals surface area (Å²) in [6, 6.07) is 1.95. The Bertz CT molecular complexity index is 361. The monoisotopic (exact) mass is 206 g/mol. The molecule has 15 heavy (non-hydrogen) atoms. The van der Waals surface area contributed by atoms with Crippen molar-refractivity contribution in [3.8, 4) is 6.07 Å². The van der Waals surface area contributed by atoms with Gasteiger partial charge in [-0.25, -0.2) is 4.98 Å². The molecule has 1 aromatic heterocycles. The number of hydrogen-bond donors (Lipinski definition) is 1. The third kappa shape index (κ3) is 3.38. The average molecular weight is 206 g/mol. The number of imidazole rings is 1. The predicted octanol–water partition coefficient (Wildman–Crippen LogP) is 2.01. The van der Waals surface area contributed by atoms with Crippen LogP contribution in [0.1, 0.15) is 25.5 Å². The van der Waals surface area contributed by atoms with E-state index in [1.165, 1.54) is 6.33 Å². The Hall–Kier alpha value is -1.90. The van der Waals surface area contributed by atoms with Crippen molar-refractivity contribution >= 4 is 5.82 Å². The molecule has 0 aliphatic heterocycles. The molecule has 0 aliphatic rings. The van der Waals surface area contributed by atoms with E-state index in [4.69, 9.17) is 5.26 Å². The quantitative estimate of drug-likeness (QED) is 0.591. The van der Waals surface area contributed by atoms with Gasteiger partial charge in [0.05, 0.1) is 6.33 Å². The molecule has 0 fully saturated rings. The molecule has 0 aromatic carbocycles. The van der Waals surface area contributed by atoms with Crippen molar-refractivity contribution in [3.63, 3.8) is 0 Å². The minimum Gasteiger partial charge on any atom is -0.334 e. The Morgan fingerprint density at radius 1 is 1.67 bits per heavy atom. The molecule has 0 unspecified atom stereocenters. The lowest BCUT2D eigenvalue weighted by Crippen LogP contribution is -2.11. The number of nitrogens with one attached hydrogen (secondary N) is 1. The largest absolute Gasteiger partial charge is 0.334 e. The summed E-state index contributed by atoms with van der Waals surface area (Å²) >= 11 is 0. The molecular formula is C9H14N6. The fourth-order valence-corrected chi connectivity index (χ4v) is 0.996. The zero-order valence-corrected chi connectivity index (χ0v) is 8.93. The third-order valence-corrected chi connectivity index (χ3v) is 1.86. The molecule has 1 rings (SSSR count). The standard InChI is InChI=1S/C9H14N6/c1-3-4-5-15(2)14-13-9-8(6-10)11-7-12-9/h7H,3-5H2,1-2H3,(H,11,12). The molecule has 1 N–H and O–H groups in total. The van der Waals surface area contributed by atoms with Gasteiger partial charge in [-0.2, -0.15) is 5.26 Å². The van der Waals surface area contributed by atoms with E-state index >= 15 is 0 Å². The van der Waals surface area contributed by atoms with Crippen LogP contribution < -0.4 is 0 Å². The maximum Gasteiger partial charge on any atom is 0.212 e. The Kier molecular flexibility index (Phi) is 4.29. The molecule has 0 bridgehead atoms. The number of nitriles is 1. The van der Waals surface area contributed by atoms with Crippen molar-refractivity contribution in [2.75, 3.05) is 13.6 Å². The first-order chi connectivity index (χ1) is 7.27. The van der Waals surface area contributed by atoms with Gasteiger partial charge in [0.25, 0.3) is 0 Å². The van der Waals surface area contributed by atoms with Crippen LogP contribution in [0.4, 0.5) is 5.82 Å². The molecule has 0 atom stereocenters. The first-order valence-corrected chi connectivity index (χ1v) is 4.84. The topological polar surface area (TPSA) is 80.4 Å². The van der Waals surface area contributed by atoms with Crippen LogP contribution in [0.2, 0.25) is 0 Å². The van der Waals surface area contributed by atoms with Crippen LogP contribution >= 0.6 is 0 Å². The Balaban J connectivity index is 2.54. The molecule has 80 valence electrons. The number of aromatic nitrogens is 2. The van der Waals surface area contributed by atoms with E-state index in [0.29, 0.717) is 11.5 Å². The zero-order chi connectivity index (χ0) is 11.1. The molecule has 0 aliphatic carbocycles. The number of hydrogen-bond acceptors (Lipinski definition) is 4. The zero-order valence-electron chi connectivity index (χ0n) is 8.93. The average Bonchev–Trinajstić information content (AvgIpc) is 2.70. The number of aromatic amines is 1. The minimum atomic E-state index is 0.334. The number of unbranched alkanes of at least 4 members (excludes halogenated alkanes) is 1. The SMILES string of the molecule is CCCCN(C)N=Nc1nc[nH]c1C#N. The maximum atomic E-state index is 8.68. The molecule has 1 aromatic rings. The van der Waals surface area contributed by atoms with Gasteiger partial charge >= 0.3 is 0 Å². The fraction of sp³-hybridized carbons (Fsp3) is 0.556. The Labute approximate surface area is 88.6 Å². The Morgan fingerprint density at radius 2 is 2.47 bits per heavy atom. The summed E-state index contributed by atoms with van der Waals surface area (Å²) in [4.78, 5) is 6.55. The lowest BCUT2D eigenvalue weighted by atomic mass is 10.3. The van der Waals surface area contributed by atoms with Crippen LogP contribution in [0.15, 0.2) is 16.7 Å². The molecule has 1 heterocycles. The molecule has 6 heteroatoms. The second-order valence-electron chi connectivity index (χ2n) is 3.14. The summed E-state index contributed by atoms with van der Waals surface area (Å²) in [6.45, 7) is 2.97. The second-order valence-corrected chi connectivity index (χ2v) is 3.14. The summed E-state index contributed by atoms with van der Waals surface area (Å²) in [5.41, 5.74) is 0.336. The first-order valence-electron chi connectivity index (χ1n) is 4.84. The van der Waals surface area contributed by atoms with Crippen LogP contribution in [-0.2, 0) is 0 Å². The number of nitrogens with zero attached hydrogens (tertiary/aromatic N) is 5. The van der Waals surface area contributed by atoms with E-state index in [-0.39, 0.29) is 0 Å². The van der Waals surface area contributed by atoms with E-state index in [1.807, 2.05) is 13.1 Å². The summed E-state index contributed by atoms with van der Waals surface area (Å²) in [6.07, 6.45) is 3.62.